The van der Waals surface area contributed by atoms with Crippen molar-refractivity contribution in [3.63, 3.8) is 0 Å². The lowest BCUT2D eigenvalue weighted by Crippen LogP contribution is -2.56. The van der Waals surface area contributed by atoms with Gasteiger partial charge in [-0.15, -0.1) is 0 Å². The van der Waals surface area contributed by atoms with Gasteiger partial charge in [0.25, 0.3) is 0 Å². The molecule has 2 heterocycles. The maximum absolute atomic E-state index is 13.3. The summed E-state index contributed by atoms with van der Waals surface area (Å²) >= 11 is 5.64. The maximum Gasteiger partial charge on any atom is 0.246 e. The van der Waals surface area contributed by atoms with Crippen molar-refractivity contribution in [1.29, 1.82) is 0 Å². The zero-order valence-electron chi connectivity index (χ0n) is 20.0. The Kier molecular flexibility index (Phi) is 6.79. The number of para-hydroxylation sites is 1. The van der Waals surface area contributed by atoms with Crippen LogP contribution in [-0.4, -0.2) is 61.3 Å². The summed E-state index contributed by atoms with van der Waals surface area (Å²) in [5.41, 5.74) is 3.21. The summed E-state index contributed by atoms with van der Waals surface area (Å²) < 4.78 is 5.25. The van der Waals surface area contributed by atoms with Crippen molar-refractivity contribution in [3.8, 4) is 5.75 Å². The van der Waals surface area contributed by atoms with Gasteiger partial charge in [0.15, 0.2) is 5.11 Å². The van der Waals surface area contributed by atoms with Gasteiger partial charge in [-0.2, -0.15) is 0 Å². The molecule has 4 rings (SSSR count). The van der Waals surface area contributed by atoms with E-state index >= 15 is 0 Å². The van der Waals surface area contributed by atoms with Crippen LogP contribution >= 0.6 is 12.2 Å². The lowest BCUT2D eigenvalue weighted by Gasteiger charge is -2.46. The standard InChI is InChI=1S/C26H34N4O2S/c1-19-17-26(2,3)30(23-8-6-5-7-22(19)23)24(31)18-27-25(33)29-15-13-28(14-16-29)20-9-11-21(32-4)12-10-20/h5-12,19H,13-18H2,1-4H3,(H,27,33)/t19-/m0/s1. The van der Waals surface area contributed by atoms with Gasteiger partial charge in [0, 0.05) is 43.1 Å². The first-order valence-electron chi connectivity index (χ1n) is 11.6. The third kappa shape index (κ3) is 4.93. The number of methoxy groups -OCH3 is 1. The second kappa shape index (κ2) is 9.59. The first kappa shape index (κ1) is 23.4. The number of carbonyl (C=O) groups is 1. The van der Waals surface area contributed by atoms with Crippen LogP contribution in [0.5, 0.6) is 5.75 Å². The molecule has 33 heavy (non-hydrogen) atoms. The van der Waals surface area contributed by atoms with Crippen molar-refractivity contribution in [2.75, 3.05) is 49.6 Å². The van der Waals surface area contributed by atoms with Crippen molar-refractivity contribution in [3.05, 3.63) is 54.1 Å². The molecular formula is C26H34N4O2S. The first-order valence-corrected chi connectivity index (χ1v) is 12.0. The number of thiocarbonyl (C=S) groups is 1. The van der Waals surface area contributed by atoms with Gasteiger partial charge in [0.1, 0.15) is 5.75 Å². The monoisotopic (exact) mass is 466 g/mol. The molecule has 2 aliphatic heterocycles. The Bertz CT molecular complexity index is 1000. The third-order valence-corrected chi connectivity index (χ3v) is 7.17. The van der Waals surface area contributed by atoms with Crippen LogP contribution in [-0.2, 0) is 4.79 Å². The van der Waals surface area contributed by atoms with Crippen LogP contribution in [0.2, 0.25) is 0 Å². The number of benzene rings is 2. The Morgan fingerprint density at radius 1 is 1.09 bits per heavy atom. The number of anilines is 2. The zero-order valence-corrected chi connectivity index (χ0v) is 20.8. The minimum atomic E-state index is -0.238. The molecule has 1 amide bonds. The fraction of sp³-hybridized carbons (Fsp3) is 0.462. The predicted octanol–water partition coefficient (Wildman–Crippen LogP) is 4.01. The molecule has 2 aromatic carbocycles. The van der Waals surface area contributed by atoms with Crippen LogP contribution in [0.4, 0.5) is 11.4 Å². The number of hydrogen-bond acceptors (Lipinski definition) is 4. The van der Waals surface area contributed by atoms with E-state index in [9.17, 15) is 4.79 Å². The molecule has 1 saturated heterocycles. The summed E-state index contributed by atoms with van der Waals surface area (Å²) in [5, 5.41) is 3.88. The fourth-order valence-electron chi connectivity index (χ4n) is 5.16. The second-order valence-corrected chi connectivity index (χ2v) is 9.92. The molecule has 7 heteroatoms. The van der Waals surface area contributed by atoms with E-state index in [-0.39, 0.29) is 18.0 Å². The highest BCUT2D eigenvalue weighted by Gasteiger charge is 2.39. The van der Waals surface area contributed by atoms with Crippen LogP contribution in [0, 0.1) is 0 Å². The molecule has 1 atom stereocenters. The van der Waals surface area contributed by atoms with Gasteiger partial charge in [0.05, 0.1) is 13.7 Å². The topological polar surface area (TPSA) is 48.1 Å². The molecule has 0 radical (unpaired) electrons. The lowest BCUT2D eigenvalue weighted by atomic mass is 9.80. The first-order chi connectivity index (χ1) is 15.8. The maximum atomic E-state index is 13.3. The second-order valence-electron chi connectivity index (χ2n) is 9.54. The van der Waals surface area contributed by atoms with E-state index in [1.54, 1.807) is 7.11 Å². The fourth-order valence-corrected chi connectivity index (χ4v) is 5.41. The Hall–Kier alpha value is -2.80. The Morgan fingerprint density at radius 3 is 2.42 bits per heavy atom. The van der Waals surface area contributed by atoms with E-state index in [4.69, 9.17) is 17.0 Å². The average Bonchev–Trinajstić information content (AvgIpc) is 2.82. The lowest BCUT2D eigenvalue weighted by molar-refractivity contribution is -0.118. The van der Waals surface area contributed by atoms with Crippen molar-refractivity contribution < 1.29 is 9.53 Å². The summed E-state index contributed by atoms with van der Waals surface area (Å²) in [5.74, 6) is 1.34. The highest BCUT2D eigenvalue weighted by molar-refractivity contribution is 7.80. The number of rotatable bonds is 4. The highest BCUT2D eigenvalue weighted by Crippen LogP contribution is 2.43. The molecule has 2 aromatic rings. The van der Waals surface area contributed by atoms with Crippen molar-refractivity contribution in [2.24, 2.45) is 0 Å². The van der Waals surface area contributed by atoms with Crippen LogP contribution in [0.1, 0.15) is 38.7 Å². The number of nitrogens with zero attached hydrogens (tertiary/aromatic N) is 3. The average molecular weight is 467 g/mol. The smallest absolute Gasteiger partial charge is 0.246 e. The number of amides is 1. The SMILES string of the molecule is COc1ccc(N2CCN(C(=S)NCC(=O)N3c4ccccc4[C@@H](C)CC3(C)C)CC2)cc1. The van der Waals surface area contributed by atoms with Crippen molar-refractivity contribution >= 4 is 34.6 Å². The van der Waals surface area contributed by atoms with Gasteiger partial charge in [-0.25, -0.2) is 0 Å². The number of hydrogen-bond donors (Lipinski definition) is 1. The normalized spacial score (nSPS) is 19.6. The Morgan fingerprint density at radius 2 is 1.76 bits per heavy atom. The molecule has 1 fully saturated rings. The molecule has 0 aromatic heterocycles. The molecule has 2 aliphatic rings. The molecular weight excluding hydrogens is 432 g/mol. The third-order valence-electron chi connectivity index (χ3n) is 6.76. The summed E-state index contributed by atoms with van der Waals surface area (Å²) in [6.45, 7) is 10.1. The molecule has 0 saturated carbocycles. The molecule has 0 unspecified atom stereocenters. The van der Waals surface area contributed by atoms with Crippen LogP contribution in [0.25, 0.3) is 0 Å². The molecule has 0 spiro atoms. The summed E-state index contributed by atoms with van der Waals surface area (Å²) in [7, 11) is 1.68. The minimum Gasteiger partial charge on any atom is -0.497 e. The van der Waals surface area contributed by atoms with Gasteiger partial charge in [-0.05, 0) is 74.3 Å². The summed E-state index contributed by atoms with van der Waals surface area (Å²) in [6.07, 6.45) is 0.938. The molecule has 0 bridgehead atoms. The molecule has 6 nitrogen and oxygen atoms in total. The van der Waals surface area contributed by atoms with Gasteiger partial charge >= 0.3 is 0 Å². The minimum absolute atomic E-state index is 0.0542. The van der Waals surface area contributed by atoms with Crippen molar-refractivity contribution in [2.45, 2.75) is 38.6 Å². The molecule has 1 N–H and O–H groups in total. The van der Waals surface area contributed by atoms with Gasteiger partial charge in [0.2, 0.25) is 5.91 Å². The van der Waals surface area contributed by atoms with E-state index < -0.39 is 0 Å². The van der Waals surface area contributed by atoms with Crippen LogP contribution in [0.3, 0.4) is 0 Å². The van der Waals surface area contributed by atoms with Crippen molar-refractivity contribution in [1.82, 2.24) is 10.2 Å². The Balaban J connectivity index is 1.33. The van der Waals surface area contributed by atoms with E-state index in [1.807, 2.05) is 23.1 Å². The predicted molar refractivity (Wildman–Crippen MR) is 138 cm³/mol. The molecule has 176 valence electrons. The van der Waals surface area contributed by atoms with Crippen LogP contribution in [0.15, 0.2) is 48.5 Å². The van der Waals surface area contributed by atoms with Gasteiger partial charge in [-0.1, -0.05) is 25.1 Å². The largest absolute Gasteiger partial charge is 0.497 e. The van der Waals surface area contributed by atoms with Gasteiger partial charge < -0.3 is 24.8 Å². The number of ether oxygens (including phenoxy) is 1. The molecule has 0 aliphatic carbocycles. The van der Waals surface area contributed by atoms with E-state index in [2.05, 4.69) is 66.2 Å². The quantitative estimate of drug-likeness (QED) is 0.687. The van der Waals surface area contributed by atoms with E-state index in [1.165, 1.54) is 11.3 Å². The summed E-state index contributed by atoms with van der Waals surface area (Å²) in [4.78, 5) is 19.8. The number of nitrogens with one attached hydrogen (secondary N) is 1. The van der Waals surface area contributed by atoms with Crippen LogP contribution < -0.4 is 19.9 Å². The summed E-state index contributed by atoms with van der Waals surface area (Å²) in [6, 6.07) is 16.4. The highest BCUT2D eigenvalue weighted by atomic mass is 32.1. The Labute approximate surface area is 202 Å². The number of fused-ring (bicyclic) bond motifs is 1. The van der Waals surface area contributed by atoms with E-state index in [0.717, 1.165) is 44.0 Å². The zero-order chi connectivity index (χ0) is 23.6. The number of carbonyl (C=O) groups excluding carboxylic acids is 1. The number of piperazine rings is 1. The van der Waals surface area contributed by atoms with E-state index in [0.29, 0.717) is 11.0 Å². The van der Waals surface area contributed by atoms with Gasteiger partial charge in [-0.3, -0.25) is 4.79 Å².